The normalized spacial score (nSPS) is 11.3. The Hall–Kier alpha value is -3.60. The highest BCUT2D eigenvalue weighted by atomic mass is 16.6. The molecule has 0 radical (unpaired) electrons. The summed E-state index contributed by atoms with van der Waals surface area (Å²) in [5, 5.41) is 2.79. The van der Waals surface area contributed by atoms with Crippen molar-refractivity contribution >= 4 is 11.9 Å². The lowest BCUT2D eigenvalue weighted by Gasteiger charge is -2.14. The summed E-state index contributed by atoms with van der Waals surface area (Å²) in [5.74, 6) is -0.398. The van der Waals surface area contributed by atoms with Crippen LogP contribution in [0, 0.1) is 0 Å². The van der Waals surface area contributed by atoms with Gasteiger partial charge < -0.3 is 14.8 Å². The van der Waals surface area contributed by atoms with Gasteiger partial charge in [0.2, 0.25) is 0 Å². The Balaban J connectivity index is 1.40. The van der Waals surface area contributed by atoms with Gasteiger partial charge >= 0.3 is 5.97 Å². The summed E-state index contributed by atoms with van der Waals surface area (Å²) < 4.78 is 10.4. The molecule has 3 aromatic carbocycles. The van der Waals surface area contributed by atoms with Crippen LogP contribution in [0.4, 0.5) is 0 Å². The Kier molecular flexibility index (Phi) is 7.00. The minimum Gasteiger partial charge on any atom is -0.482 e. The van der Waals surface area contributed by atoms with Crippen LogP contribution in [0.1, 0.15) is 18.5 Å². The molecule has 1 N–H and O–H groups in total. The molecule has 5 nitrogen and oxygen atoms in total. The Labute approximate surface area is 170 Å². The van der Waals surface area contributed by atoms with E-state index in [2.05, 4.69) is 5.32 Å². The average molecular weight is 389 g/mol. The van der Waals surface area contributed by atoms with Crippen molar-refractivity contribution in [2.45, 2.75) is 13.0 Å². The third kappa shape index (κ3) is 6.21. The minimum atomic E-state index is -0.598. The zero-order valence-electron chi connectivity index (χ0n) is 16.2. The standard InChI is InChI=1S/C24H23NO4/c1-18(19-8-4-2-5-9-19)25-23(26)16-29-24(27)17-28-22-14-12-21(13-15-22)20-10-6-3-7-11-20/h2-15,18H,16-17H2,1H3,(H,25,26)/t18-/m1/s1. The van der Waals surface area contributed by atoms with Crippen molar-refractivity contribution in [2.75, 3.05) is 13.2 Å². The van der Waals surface area contributed by atoms with Gasteiger partial charge in [0.05, 0.1) is 6.04 Å². The van der Waals surface area contributed by atoms with Crippen molar-refractivity contribution in [1.29, 1.82) is 0 Å². The first-order chi connectivity index (χ1) is 14.1. The van der Waals surface area contributed by atoms with E-state index < -0.39 is 5.97 Å². The topological polar surface area (TPSA) is 64.6 Å². The second-order valence-corrected chi connectivity index (χ2v) is 6.54. The molecular formula is C24H23NO4. The van der Waals surface area contributed by atoms with Crippen LogP contribution in [0.2, 0.25) is 0 Å². The van der Waals surface area contributed by atoms with Gasteiger partial charge in [0.1, 0.15) is 5.75 Å². The van der Waals surface area contributed by atoms with Crippen molar-refractivity contribution in [3.8, 4) is 16.9 Å². The van der Waals surface area contributed by atoms with Gasteiger partial charge in [0, 0.05) is 0 Å². The summed E-state index contributed by atoms with van der Waals surface area (Å²) in [6.07, 6.45) is 0. The highest BCUT2D eigenvalue weighted by molar-refractivity contribution is 5.81. The number of ether oxygens (including phenoxy) is 2. The number of rotatable bonds is 8. The van der Waals surface area contributed by atoms with Gasteiger partial charge in [-0.15, -0.1) is 0 Å². The highest BCUT2D eigenvalue weighted by Crippen LogP contribution is 2.22. The molecule has 0 fully saturated rings. The van der Waals surface area contributed by atoms with Crippen LogP contribution in [0.3, 0.4) is 0 Å². The maximum absolute atomic E-state index is 11.9. The highest BCUT2D eigenvalue weighted by Gasteiger charge is 2.12. The van der Waals surface area contributed by atoms with Crippen molar-refractivity contribution in [3.63, 3.8) is 0 Å². The van der Waals surface area contributed by atoms with E-state index in [1.54, 1.807) is 12.1 Å². The maximum atomic E-state index is 11.9. The fraction of sp³-hybridized carbons (Fsp3) is 0.167. The molecule has 3 rings (SSSR count). The summed E-state index contributed by atoms with van der Waals surface area (Å²) in [6.45, 7) is 1.27. The molecule has 1 amide bonds. The Morgan fingerprint density at radius 2 is 1.38 bits per heavy atom. The molecule has 0 aliphatic carbocycles. The van der Waals surface area contributed by atoms with Crippen molar-refractivity contribution < 1.29 is 19.1 Å². The molecule has 0 bridgehead atoms. The number of hydrogen-bond acceptors (Lipinski definition) is 4. The van der Waals surface area contributed by atoms with Crippen LogP contribution >= 0.6 is 0 Å². The Bertz CT molecular complexity index is 924. The fourth-order valence-corrected chi connectivity index (χ4v) is 2.81. The molecule has 0 aromatic heterocycles. The molecule has 0 saturated heterocycles. The van der Waals surface area contributed by atoms with E-state index in [9.17, 15) is 9.59 Å². The van der Waals surface area contributed by atoms with E-state index in [-0.39, 0.29) is 25.2 Å². The Morgan fingerprint density at radius 1 is 0.793 bits per heavy atom. The lowest BCUT2D eigenvalue weighted by Crippen LogP contribution is -2.31. The lowest BCUT2D eigenvalue weighted by atomic mass is 10.1. The second-order valence-electron chi connectivity index (χ2n) is 6.54. The number of benzene rings is 3. The van der Waals surface area contributed by atoms with Crippen LogP contribution in [0.25, 0.3) is 11.1 Å². The zero-order valence-corrected chi connectivity index (χ0v) is 16.2. The molecule has 3 aromatic rings. The molecule has 29 heavy (non-hydrogen) atoms. The van der Waals surface area contributed by atoms with Gasteiger partial charge in [-0.2, -0.15) is 0 Å². The number of hydrogen-bond donors (Lipinski definition) is 1. The summed E-state index contributed by atoms with van der Waals surface area (Å²) in [7, 11) is 0. The number of amides is 1. The predicted octanol–water partition coefficient (Wildman–Crippen LogP) is 4.15. The number of esters is 1. The first-order valence-electron chi connectivity index (χ1n) is 9.40. The van der Waals surface area contributed by atoms with Crippen molar-refractivity contribution in [1.82, 2.24) is 5.32 Å². The lowest BCUT2D eigenvalue weighted by molar-refractivity contribution is -0.150. The number of carbonyl (C=O) groups excluding carboxylic acids is 2. The molecule has 148 valence electrons. The third-order valence-electron chi connectivity index (χ3n) is 4.36. The minimum absolute atomic E-state index is 0.165. The maximum Gasteiger partial charge on any atom is 0.344 e. The van der Waals surface area contributed by atoms with Crippen molar-refractivity contribution in [3.05, 3.63) is 90.5 Å². The van der Waals surface area contributed by atoms with Gasteiger partial charge in [0.15, 0.2) is 13.2 Å². The van der Waals surface area contributed by atoms with Crippen LogP contribution in [-0.4, -0.2) is 25.1 Å². The molecular weight excluding hydrogens is 366 g/mol. The Morgan fingerprint density at radius 3 is 2.03 bits per heavy atom. The van der Waals surface area contributed by atoms with Gasteiger partial charge in [-0.1, -0.05) is 72.8 Å². The van der Waals surface area contributed by atoms with Crippen LogP contribution in [0.15, 0.2) is 84.9 Å². The second kappa shape index (κ2) is 10.1. The molecule has 0 spiro atoms. The van der Waals surface area contributed by atoms with E-state index in [0.717, 1.165) is 16.7 Å². The van der Waals surface area contributed by atoms with Crippen LogP contribution in [-0.2, 0) is 14.3 Å². The van der Waals surface area contributed by atoms with E-state index in [0.29, 0.717) is 5.75 Å². The average Bonchev–Trinajstić information content (AvgIpc) is 2.78. The van der Waals surface area contributed by atoms with Crippen molar-refractivity contribution in [2.24, 2.45) is 0 Å². The van der Waals surface area contributed by atoms with E-state index in [4.69, 9.17) is 9.47 Å². The molecule has 1 atom stereocenters. The molecule has 0 saturated carbocycles. The summed E-state index contributed by atoms with van der Waals surface area (Å²) in [5.41, 5.74) is 3.15. The molecule has 0 aliphatic rings. The molecule has 0 aliphatic heterocycles. The smallest absolute Gasteiger partial charge is 0.344 e. The van der Waals surface area contributed by atoms with Crippen LogP contribution in [0.5, 0.6) is 5.75 Å². The van der Waals surface area contributed by atoms with Gasteiger partial charge in [-0.3, -0.25) is 4.79 Å². The monoisotopic (exact) mass is 389 g/mol. The number of nitrogens with one attached hydrogen (secondary N) is 1. The van der Waals surface area contributed by atoms with Gasteiger partial charge in [-0.05, 0) is 35.7 Å². The molecule has 5 heteroatoms. The number of carbonyl (C=O) groups is 2. The SMILES string of the molecule is C[C@@H](NC(=O)COC(=O)COc1ccc(-c2ccccc2)cc1)c1ccccc1. The zero-order chi connectivity index (χ0) is 20.5. The molecule has 0 unspecified atom stereocenters. The molecule has 0 heterocycles. The largest absolute Gasteiger partial charge is 0.482 e. The van der Waals surface area contributed by atoms with Gasteiger partial charge in [-0.25, -0.2) is 4.79 Å². The van der Waals surface area contributed by atoms with E-state index >= 15 is 0 Å². The summed E-state index contributed by atoms with van der Waals surface area (Å²) in [6, 6.07) is 26.8. The predicted molar refractivity (Wildman–Crippen MR) is 111 cm³/mol. The summed E-state index contributed by atoms with van der Waals surface area (Å²) >= 11 is 0. The van der Waals surface area contributed by atoms with E-state index in [1.165, 1.54) is 0 Å². The third-order valence-corrected chi connectivity index (χ3v) is 4.36. The first-order valence-corrected chi connectivity index (χ1v) is 9.40. The first kappa shape index (κ1) is 20.1. The van der Waals surface area contributed by atoms with E-state index in [1.807, 2.05) is 79.7 Å². The summed E-state index contributed by atoms with van der Waals surface area (Å²) in [4.78, 5) is 23.8. The van der Waals surface area contributed by atoms with Crippen LogP contribution < -0.4 is 10.1 Å². The quantitative estimate of drug-likeness (QED) is 0.588. The van der Waals surface area contributed by atoms with Gasteiger partial charge in [0.25, 0.3) is 5.91 Å². The fourth-order valence-electron chi connectivity index (χ4n) is 2.81.